The number of nitrogens with zero attached hydrogens (tertiary/aromatic N) is 3. The summed E-state index contributed by atoms with van der Waals surface area (Å²) >= 11 is 0. The molecule has 0 atom stereocenters. The number of benzene rings is 1. The molecule has 0 radical (unpaired) electrons. The lowest BCUT2D eigenvalue weighted by atomic mass is 10.0. The number of rotatable bonds is 4. The molecule has 1 amide bonds. The van der Waals surface area contributed by atoms with Crippen LogP contribution in [0.25, 0.3) is 0 Å². The Kier molecular flexibility index (Phi) is 5.18. The minimum atomic E-state index is 0.149. The first kappa shape index (κ1) is 15.3. The first-order chi connectivity index (χ1) is 10.1. The Labute approximate surface area is 126 Å². The molecule has 0 unspecified atom stereocenters. The third kappa shape index (κ3) is 4.20. The second kappa shape index (κ2) is 7.09. The van der Waals surface area contributed by atoms with Crippen molar-refractivity contribution in [3.05, 3.63) is 29.8 Å². The zero-order chi connectivity index (χ0) is 15.2. The van der Waals surface area contributed by atoms with Crippen molar-refractivity contribution in [3.63, 3.8) is 0 Å². The monoisotopic (exact) mass is 286 g/mol. The minimum absolute atomic E-state index is 0.149. The Morgan fingerprint density at radius 3 is 2.67 bits per heavy atom. The lowest BCUT2D eigenvalue weighted by Gasteiger charge is -2.33. The highest BCUT2D eigenvalue weighted by Crippen LogP contribution is 2.19. The number of para-hydroxylation sites is 1. The zero-order valence-electron chi connectivity index (χ0n) is 12.7. The third-order valence-electron chi connectivity index (χ3n) is 3.85. The predicted molar refractivity (Wildman–Crippen MR) is 82.9 cm³/mol. The summed E-state index contributed by atoms with van der Waals surface area (Å²) in [6, 6.07) is 10.2. The van der Waals surface area contributed by atoms with Crippen LogP contribution in [0.3, 0.4) is 0 Å². The Bertz CT molecular complexity index is 527. The number of carbonyl (C=O) groups excluding carboxylic acids is 1. The van der Waals surface area contributed by atoms with Crippen LogP contribution in [0.15, 0.2) is 24.3 Å². The third-order valence-corrected chi connectivity index (χ3v) is 3.85. The topological polar surface area (TPSA) is 59.4 Å². The number of nitriles is 1. The molecule has 0 aromatic heterocycles. The van der Waals surface area contributed by atoms with Crippen molar-refractivity contribution in [2.45, 2.75) is 18.9 Å². The molecule has 1 N–H and O–H groups in total. The molecule has 21 heavy (non-hydrogen) atoms. The first-order valence-corrected chi connectivity index (χ1v) is 7.28. The van der Waals surface area contributed by atoms with Gasteiger partial charge in [-0.25, -0.2) is 0 Å². The van der Waals surface area contributed by atoms with E-state index in [1.807, 2.05) is 24.3 Å². The van der Waals surface area contributed by atoms with Crippen molar-refractivity contribution in [3.8, 4) is 6.07 Å². The van der Waals surface area contributed by atoms with Gasteiger partial charge in [-0.2, -0.15) is 5.26 Å². The van der Waals surface area contributed by atoms with E-state index in [1.165, 1.54) is 0 Å². The fourth-order valence-electron chi connectivity index (χ4n) is 2.49. The molecule has 1 saturated heterocycles. The van der Waals surface area contributed by atoms with Crippen molar-refractivity contribution in [1.29, 1.82) is 5.26 Å². The standard InChI is InChI=1S/C16H22N4O/c1-19(2)16(21)12-20-9-7-14(8-10-20)18-15-6-4-3-5-13(15)11-17/h3-6,14,18H,7-10,12H2,1-2H3. The summed E-state index contributed by atoms with van der Waals surface area (Å²) in [7, 11) is 3.57. The molecule has 0 spiro atoms. The largest absolute Gasteiger partial charge is 0.381 e. The average molecular weight is 286 g/mol. The summed E-state index contributed by atoms with van der Waals surface area (Å²) in [6.45, 7) is 2.31. The Morgan fingerprint density at radius 2 is 2.05 bits per heavy atom. The van der Waals surface area contributed by atoms with Gasteiger partial charge in [-0.15, -0.1) is 0 Å². The number of hydrogen-bond donors (Lipinski definition) is 1. The summed E-state index contributed by atoms with van der Waals surface area (Å²) in [6.07, 6.45) is 1.97. The first-order valence-electron chi connectivity index (χ1n) is 7.28. The highest BCUT2D eigenvalue weighted by molar-refractivity contribution is 5.77. The quantitative estimate of drug-likeness (QED) is 0.912. The van der Waals surface area contributed by atoms with Crippen molar-refractivity contribution in [1.82, 2.24) is 9.80 Å². The van der Waals surface area contributed by atoms with E-state index in [1.54, 1.807) is 19.0 Å². The normalized spacial score (nSPS) is 16.2. The molecule has 1 fully saturated rings. The number of anilines is 1. The molecule has 5 heteroatoms. The molecule has 0 bridgehead atoms. The SMILES string of the molecule is CN(C)C(=O)CN1CCC(Nc2ccccc2C#N)CC1. The summed E-state index contributed by atoms with van der Waals surface area (Å²) in [5.41, 5.74) is 1.59. The van der Waals surface area contributed by atoms with E-state index in [4.69, 9.17) is 5.26 Å². The van der Waals surface area contributed by atoms with Gasteiger partial charge in [0.1, 0.15) is 6.07 Å². The molecule has 2 rings (SSSR count). The molecular weight excluding hydrogens is 264 g/mol. The predicted octanol–water partition coefficient (Wildman–Crippen LogP) is 1.52. The maximum absolute atomic E-state index is 11.7. The molecule has 0 aliphatic carbocycles. The lowest BCUT2D eigenvalue weighted by molar-refractivity contribution is -0.130. The van der Waals surface area contributed by atoms with E-state index in [2.05, 4.69) is 16.3 Å². The van der Waals surface area contributed by atoms with Gasteiger partial charge in [0.2, 0.25) is 5.91 Å². The summed E-state index contributed by atoms with van der Waals surface area (Å²) < 4.78 is 0. The molecular formula is C16H22N4O. The molecule has 1 heterocycles. The molecule has 1 aromatic rings. The van der Waals surface area contributed by atoms with Crippen LogP contribution in [0, 0.1) is 11.3 Å². The summed E-state index contributed by atoms with van der Waals surface area (Å²) in [5.74, 6) is 0.149. The number of likely N-dealkylation sites (tertiary alicyclic amines) is 1. The van der Waals surface area contributed by atoms with Crippen molar-refractivity contribution < 1.29 is 4.79 Å². The maximum atomic E-state index is 11.7. The van der Waals surface area contributed by atoms with Gasteiger partial charge in [0.25, 0.3) is 0 Å². The molecule has 1 aromatic carbocycles. The van der Waals surface area contributed by atoms with Crippen LogP contribution in [0.4, 0.5) is 5.69 Å². The van der Waals surface area contributed by atoms with Gasteiger partial charge in [-0.05, 0) is 25.0 Å². The molecule has 1 aliphatic heterocycles. The van der Waals surface area contributed by atoms with E-state index in [0.29, 0.717) is 18.2 Å². The van der Waals surface area contributed by atoms with E-state index in [9.17, 15) is 4.79 Å². The minimum Gasteiger partial charge on any atom is -0.381 e. The molecule has 0 saturated carbocycles. The van der Waals surface area contributed by atoms with Gasteiger partial charge in [-0.3, -0.25) is 9.69 Å². The average Bonchev–Trinajstić information content (AvgIpc) is 2.49. The number of piperidine rings is 1. The van der Waals surface area contributed by atoms with Crippen LogP contribution in [-0.2, 0) is 4.79 Å². The zero-order valence-corrected chi connectivity index (χ0v) is 12.7. The second-order valence-electron chi connectivity index (χ2n) is 5.64. The Morgan fingerprint density at radius 1 is 1.38 bits per heavy atom. The van der Waals surface area contributed by atoms with Gasteiger partial charge < -0.3 is 10.2 Å². The number of nitrogens with one attached hydrogen (secondary N) is 1. The van der Waals surface area contributed by atoms with Crippen molar-refractivity contribution in [2.24, 2.45) is 0 Å². The lowest BCUT2D eigenvalue weighted by Crippen LogP contribution is -2.44. The van der Waals surface area contributed by atoms with Crippen LogP contribution < -0.4 is 5.32 Å². The Hall–Kier alpha value is -2.06. The van der Waals surface area contributed by atoms with Gasteiger partial charge in [0.05, 0.1) is 17.8 Å². The fourth-order valence-corrected chi connectivity index (χ4v) is 2.49. The van der Waals surface area contributed by atoms with E-state index in [-0.39, 0.29) is 5.91 Å². The second-order valence-corrected chi connectivity index (χ2v) is 5.64. The van der Waals surface area contributed by atoms with Crippen molar-refractivity contribution in [2.75, 3.05) is 39.0 Å². The van der Waals surface area contributed by atoms with E-state index >= 15 is 0 Å². The van der Waals surface area contributed by atoms with Crippen LogP contribution in [0.1, 0.15) is 18.4 Å². The molecule has 5 nitrogen and oxygen atoms in total. The molecule has 112 valence electrons. The number of likely N-dealkylation sites (N-methyl/N-ethyl adjacent to an activating group) is 1. The van der Waals surface area contributed by atoms with Crippen LogP contribution >= 0.6 is 0 Å². The van der Waals surface area contributed by atoms with Crippen molar-refractivity contribution >= 4 is 11.6 Å². The van der Waals surface area contributed by atoms with Crippen LogP contribution in [-0.4, -0.2) is 55.5 Å². The maximum Gasteiger partial charge on any atom is 0.236 e. The van der Waals surface area contributed by atoms with E-state index in [0.717, 1.165) is 31.6 Å². The highest BCUT2D eigenvalue weighted by atomic mass is 16.2. The molecule has 1 aliphatic rings. The van der Waals surface area contributed by atoms with Gasteiger partial charge in [-0.1, -0.05) is 12.1 Å². The smallest absolute Gasteiger partial charge is 0.236 e. The van der Waals surface area contributed by atoms with Crippen LogP contribution in [0.5, 0.6) is 0 Å². The number of hydrogen-bond acceptors (Lipinski definition) is 4. The Balaban J connectivity index is 1.84. The van der Waals surface area contributed by atoms with Gasteiger partial charge >= 0.3 is 0 Å². The summed E-state index contributed by atoms with van der Waals surface area (Å²) in [4.78, 5) is 15.5. The highest BCUT2D eigenvalue weighted by Gasteiger charge is 2.21. The van der Waals surface area contributed by atoms with E-state index < -0.39 is 0 Å². The van der Waals surface area contributed by atoms with Gasteiger partial charge in [0, 0.05) is 33.2 Å². The fraction of sp³-hybridized carbons (Fsp3) is 0.500. The van der Waals surface area contributed by atoms with Gasteiger partial charge in [0.15, 0.2) is 0 Å². The summed E-state index contributed by atoms with van der Waals surface area (Å²) in [5, 5.41) is 12.6. The van der Waals surface area contributed by atoms with Crippen LogP contribution in [0.2, 0.25) is 0 Å². The number of amides is 1. The number of carbonyl (C=O) groups is 1.